The van der Waals surface area contributed by atoms with E-state index in [9.17, 15) is 14.4 Å². The summed E-state index contributed by atoms with van der Waals surface area (Å²) in [6.07, 6.45) is 4.50. The van der Waals surface area contributed by atoms with Crippen molar-refractivity contribution < 1.29 is 14.4 Å². The number of hydroxylamine groups is 1. The van der Waals surface area contributed by atoms with E-state index in [0.717, 1.165) is 28.0 Å². The maximum atomic E-state index is 13.2. The number of benzene rings is 1. The van der Waals surface area contributed by atoms with Crippen LogP contribution < -0.4 is 5.48 Å². The molecule has 28 heavy (non-hydrogen) atoms. The van der Waals surface area contributed by atoms with Crippen LogP contribution in [-0.2, 0) is 17.6 Å². The lowest BCUT2D eigenvalue weighted by molar-refractivity contribution is -0.137. The molecule has 0 spiro atoms. The van der Waals surface area contributed by atoms with Crippen molar-refractivity contribution in [1.82, 2.24) is 15.4 Å². The number of halogens is 1. The van der Waals surface area contributed by atoms with E-state index >= 15 is 0 Å². The number of rotatable bonds is 4. The number of amides is 1. The molecule has 1 aliphatic carbocycles. The summed E-state index contributed by atoms with van der Waals surface area (Å²) in [6, 6.07) is 5.99. The van der Waals surface area contributed by atoms with Crippen LogP contribution in [0, 0.1) is 11.2 Å². The Labute approximate surface area is 164 Å². The van der Waals surface area contributed by atoms with Crippen molar-refractivity contribution in [2.24, 2.45) is 5.41 Å². The lowest BCUT2D eigenvalue weighted by atomic mass is 9.74. The first-order valence-electron chi connectivity index (χ1n) is 9.19. The first kappa shape index (κ1) is 19.9. The number of aromatic nitrogens is 2. The molecule has 146 valence electrons. The van der Waals surface area contributed by atoms with E-state index < -0.39 is 11.3 Å². The van der Waals surface area contributed by atoms with Crippen molar-refractivity contribution in [3.05, 3.63) is 70.3 Å². The van der Waals surface area contributed by atoms with Crippen LogP contribution in [0.5, 0.6) is 0 Å². The number of hydrogen-bond acceptors (Lipinski definition) is 4. The largest absolute Gasteiger partial charge is 0.289 e. The van der Waals surface area contributed by atoms with Gasteiger partial charge >= 0.3 is 0 Å². The number of fused-ring (bicyclic) bond motifs is 1. The summed E-state index contributed by atoms with van der Waals surface area (Å²) in [5, 5.41) is 9.42. The van der Waals surface area contributed by atoms with Gasteiger partial charge in [0.05, 0.1) is 5.41 Å². The van der Waals surface area contributed by atoms with Crippen molar-refractivity contribution >= 4 is 5.91 Å². The van der Waals surface area contributed by atoms with Crippen LogP contribution in [-0.4, -0.2) is 21.1 Å². The molecule has 5 nitrogen and oxygen atoms in total. The molecule has 0 saturated carbocycles. The van der Waals surface area contributed by atoms with Gasteiger partial charge in [0.15, 0.2) is 5.82 Å². The standard InChI is InChI=1S/C22H24FN3O2/c1-5-13(2)14(3)15(4)22(21(27)26-28)10-17-12-24-20(25-19(17)11-22)16-6-8-18(23)9-7-16/h5-9,12,28H,10-11H2,1-4H3,(H,26,27)/b13-5-,15-14+/t22-/m0/s1. The summed E-state index contributed by atoms with van der Waals surface area (Å²) < 4.78 is 13.2. The second kappa shape index (κ2) is 7.64. The minimum Gasteiger partial charge on any atom is -0.289 e. The van der Waals surface area contributed by atoms with E-state index in [1.807, 2.05) is 39.3 Å². The van der Waals surface area contributed by atoms with Crippen molar-refractivity contribution in [3.63, 3.8) is 0 Å². The van der Waals surface area contributed by atoms with Gasteiger partial charge in [0.25, 0.3) is 5.91 Å². The highest BCUT2D eigenvalue weighted by molar-refractivity contribution is 5.87. The molecule has 0 aliphatic heterocycles. The summed E-state index contributed by atoms with van der Waals surface area (Å²) in [5.41, 5.74) is 6.28. The molecule has 0 bridgehead atoms. The van der Waals surface area contributed by atoms with Gasteiger partial charge in [-0.2, -0.15) is 0 Å². The third kappa shape index (κ3) is 3.36. The minimum atomic E-state index is -0.915. The van der Waals surface area contributed by atoms with Crippen LogP contribution in [0.3, 0.4) is 0 Å². The maximum Gasteiger partial charge on any atom is 0.254 e. The average molecular weight is 381 g/mol. The first-order chi connectivity index (χ1) is 13.3. The molecule has 1 aromatic carbocycles. The molecule has 3 rings (SSSR count). The number of carbonyl (C=O) groups excluding carboxylic acids is 1. The Bertz CT molecular complexity index is 980. The molecule has 1 amide bonds. The lowest BCUT2D eigenvalue weighted by Crippen LogP contribution is -2.41. The van der Waals surface area contributed by atoms with Crippen molar-refractivity contribution in [2.75, 3.05) is 0 Å². The quantitative estimate of drug-likeness (QED) is 0.473. The van der Waals surface area contributed by atoms with Crippen LogP contribution in [0.25, 0.3) is 11.4 Å². The van der Waals surface area contributed by atoms with Gasteiger partial charge in [0, 0.05) is 23.9 Å². The summed E-state index contributed by atoms with van der Waals surface area (Å²) in [7, 11) is 0. The van der Waals surface area contributed by atoms with Crippen molar-refractivity contribution in [1.29, 1.82) is 0 Å². The van der Waals surface area contributed by atoms with Gasteiger partial charge in [-0.25, -0.2) is 19.8 Å². The van der Waals surface area contributed by atoms with Gasteiger partial charge in [-0.05, 0) is 69.5 Å². The van der Waals surface area contributed by atoms with Crippen LogP contribution in [0.2, 0.25) is 0 Å². The molecule has 1 atom stereocenters. The molecule has 1 heterocycles. The SMILES string of the molecule is C/C=C(C)\C(C)=C(/C)[C@]1(C(=O)NO)Cc2cnc(-c3ccc(F)cc3)nc2C1. The molecule has 0 saturated heterocycles. The fourth-order valence-corrected chi connectivity index (χ4v) is 3.73. The zero-order chi connectivity index (χ0) is 20.5. The van der Waals surface area contributed by atoms with Gasteiger partial charge < -0.3 is 0 Å². The number of nitrogens with zero attached hydrogens (tertiary/aromatic N) is 2. The number of allylic oxidation sites excluding steroid dienone is 3. The monoisotopic (exact) mass is 381 g/mol. The predicted octanol–water partition coefficient (Wildman–Crippen LogP) is 4.18. The Hall–Kier alpha value is -2.86. The topological polar surface area (TPSA) is 75.1 Å². The second-order valence-electron chi connectivity index (χ2n) is 7.27. The first-order valence-corrected chi connectivity index (χ1v) is 9.19. The molecule has 1 aromatic heterocycles. The summed E-state index contributed by atoms with van der Waals surface area (Å²) >= 11 is 0. The predicted molar refractivity (Wildman–Crippen MR) is 105 cm³/mol. The van der Waals surface area contributed by atoms with Gasteiger partial charge in [0.1, 0.15) is 5.82 Å². The van der Waals surface area contributed by atoms with Gasteiger partial charge in [-0.1, -0.05) is 17.2 Å². The Kier molecular flexibility index (Phi) is 5.42. The normalized spacial score (nSPS) is 19.9. The van der Waals surface area contributed by atoms with Crippen LogP contribution in [0.4, 0.5) is 4.39 Å². The molecule has 0 unspecified atom stereocenters. The smallest absolute Gasteiger partial charge is 0.254 e. The Morgan fingerprint density at radius 1 is 1.21 bits per heavy atom. The molecular weight excluding hydrogens is 357 g/mol. The second-order valence-corrected chi connectivity index (χ2v) is 7.27. The summed E-state index contributed by atoms with van der Waals surface area (Å²) in [5.74, 6) is -0.282. The van der Waals surface area contributed by atoms with E-state index in [2.05, 4.69) is 9.97 Å². The van der Waals surface area contributed by atoms with E-state index in [0.29, 0.717) is 24.2 Å². The van der Waals surface area contributed by atoms with Gasteiger partial charge in [-0.15, -0.1) is 0 Å². The molecular formula is C22H24FN3O2. The highest BCUT2D eigenvalue weighted by atomic mass is 19.1. The fourth-order valence-electron chi connectivity index (χ4n) is 3.73. The van der Waals surface area contributed by atoms with E-state index in [-0.39, 0.29) is 5.82 Å². The third-order valence-corrected chi connectivity index (χ3v) is 5.86. The van der Waals surface area contributed by atoms with Crippen LogP contribution >= 0.6 is 0 Å². The van der Waals surface area contributed by atoms with Gasteiger partial charge in [-0.3, -0.25) is 10.0 Å². The van der Waals surface area contributed by atoms with Crippen LogP contribution in [0.1, 0.15) is 39.0 Å². The molecule has 2 aromatic rings. The number of carbonyl (C=O) groups is 1. The third-order valence-electron chi connectivity index (χ3n) is 5.86. The van der Waals surface area contributed by atoms with Crippen molar-refractivity contribution in [2.45, 2.75) is 40.5 Å². The van der Waals surface area contributed by atoms with E-state index in [4.69, 9.17) is 0 Å². The number of hydrogen-bond donors (Lipinski definition) is 2. The molecule has 6 heteroatoms. The fraction of sp³-hybridized carbons (Fsp3) is 0.318. The zero-order valence-electron chi connectivity index (χ0n) is 16.5. The maximum absolute atomic E-state index is 13.2. The molecule has 0 radical (unpaired) electrons. The Balaban J connectivity index is 2.06. The minimum absolute atomic E-state index is 0.320. The Morgan fingerprint density at radius 3 is 2.50 bits per heavy atom. The van der Waals surface area contributed by atoms with Gasteiger partial charge in [0.2, 0.25) is 0 Å². The zero-order valence-corrected chi connectivity index (χ0v) is 16.5. The molecule has 1 aliphatic rings. The molecule has 0 fully saturated rings. The highest BCUT2D eigenvalue weighted by Crippen LogP contribution is 2.44. The average Bonchev–Trinajstić information content (AvgIpc) is 3.11. The lowest BCUT2D eigenvalue weighted by Gasteiger charge is -2.29. The Morgan fingerprint density at radius 2 is 1.89 bits per heavy atom. The molecule has 2 N–H and O–H groups in total. The van der Waals surface area contributed by atoms with Crippen LogP contribution in [0.15, 0.2) is 53.3 Å². The van der Waals surface area contributed by atoms with Crippen molar-refractivity contribution in [3.8, 4) is 11.4 Å². The summed E-state index contributed by atoms with van der Waals surface area (Å²) in [4.78, 5) is 21.8. The number of nitrogens with one attached hydrogen (secondary N) is 1. The van der Waals surface area contributed by atoms with E-state index in [1.54, 1.807) is 18.3 Å². The highest BCUT2D eigenvalue weighted by Gasteiger charge is 2.47. The summed E-state index contributed by atoms with van der Waals surface area (Å²) in [6.45, 7) is 7.86. The van der Waals surface area contributed by atoms with E-state index in [1.165, 1.54) is 12.1 Å².